The lowest BCUT2D eigenvalue weighted by molar-refractivity contribution is -0.118. The number of halogens is 2. The topological polar surface area (TPSA) is 38.3 Å². The standard InChI is InChI=1S/C19H21BrClNO2/c1-5-14-8-6-7-11(2)19(14)22-16(23)10-24-15-9-12(3)18(21)13(4)17(15)20/h6-9H,5,10H2,1-4H3,(H,22,23). The van der Waals surface area contributed by atoms with Crippen molar-refractivity contribution in [1.29, 1.82) is 0 Å². The van der Waals surface area contributed by atoms with Crippen LogP contribution in [0.3, 0.4) is 0 Å². The Labute approximate surface area is 156 Å². The van der Waals surface area contributed by atoms with Crippen LogP contribution in [0, 0.1) is 20.8 Å². The molecule has 0 aromatic heterocycles. The maximum absolute atomic E-state index is 12.3. The monoisotopic (exact) mass is 409 g/mol. The molecule has 0 saturated carbocycles. The first-order valence-electron chi connectivity index (χ1n) is 7.81. The second kappa shape index (κ2) is 8.04. The Morgan fingerprint density at radius 3 is 2.62 bits per heavy atom. The van der Waals surface area contributed by atoms with Gasteiger partial charge in [0.2, 0.25) is 0 Å². The first kappa shape index (κ1) is 18.8. The molecule has 0 bridgehead atoms. The molecule has 1 N–H and O–H groups in total. The van der Waals surface area contributed by atoms with Crippen molar-refractivity contribution in [3.63, 3.8) is 0 Å². The van der Waals surface area contributed by atoms with E-state index in [4.69, 9.17) is 16.3 Å². The summed E-state index contributed by atoms with van der Waals surface area (Å²) in [5.74, 6) is 0.432. The van der Waals surface area contributed by atoms with E-state index in [1.54, 1.807) is 0 Å². The summed E-state index contributed by atoms with van der Waals surface area (Å²) in [6, 6.07) is 7.83. The predicted octanol–water partition coefficient (Wildman–Crippen LogP) is 5.61. The molecule has 0 heterocycles. The number of carbonyl (C=O) groups excluding carboxylic acids is 1. The SMILES string of the molecule is CCc1cccc(C)c1NC(=O)COc1cc(C)c(Cl)c(C)c1Br. The highest BCUT2D eigenvalue weighted by atomic mass is 79.9. The van der Waals surface area contributed by atoms with Gasteiger partial charge in [-0.15, -0.1) is 0 Å². The highest BCUT2D eigenvalue weighted by molar-refractivity contribution is 9.10. The van der Waals surface area contributed by atoms with Crippen LogP contribution in [0.5, 0.6) is 5.75 Å². The van der Waals surface area contributed by atoms with E-state index in [1.807, 2.05) is 45.0 Å². The first-order chi connectivity index (χ1) is 11.3. The summed E-state index contributed by atoms with van der Waals surface area (Å²) < 4.78 is 6.46. The molecule has 2 aromatic carbocycles. The average molecular weight is 411 g/mol. The Morgan fingerprint density at radius 1 is 1.25 bits per heavy atom. The van der Waals surface area contributed by atoms with Crippen LogP contribution in [-0.2, 0) is 11.2 Å². The van der Waals surface area contributed by atoms with Gasteiger partial charge in [0, 0.05) is 10.7 Å². The molecule has 0 saturated heterocycles. The van der Waals surface area contributed by atoms with Crippen molar-refractivity contribution in [2.75, 3.05) is 11.9 Å². The van der Waals surface area contributed by atoms with Crippen molar-refractivity contribution >= 4 is 39.1 Å². The van der Waals surface area contributed by atoms with Gasteiger partial charge in [0.05, 0.1) is 4.47 Å². The van der Waals surface area contributed by atoms with Crippen LogP contribution < -0.4 is 10.1 Å². The molecule has 0 atom stereocenters. The maximum Gasteiger partial charge on any atom is 0.262 e. The molecule has 2 aromatic rings. The Balaban J connectivity index is 2.10. The number of rotatable bonds is 5. The van der Waals surface area contributed by atoms with Crippen molar-refractivity contribution in [2.45, 2.75) is 34.1 Å². The van der Waals surface area contributed by atoms with E-state index < -0.39 is 0 Å². The lowest BCUT2D eigenvalue weighted by Crippen LogP contribution is -2.21. The molecule has 24 heavy (non-hydrogen) atoms. The van der Waals surface area contributed by atoms with Crippen molar-refractivity contribution in [2.24, 2.45) is 0 Å². The second-order valence-electron chi connectivity index (χ2n) is 5.74. The minimum atomic E-state index is -0.184. The molecule has 0 aliphatic rings. The van der Waals surface area contributed by atoms with Gasteiger partial charge in [-0.1, -0.05) is 36.7 Å². The third-order valence-corrected chi connectivity index (χ3v) is 5.50. The Bertz CT molecular complexity index is 774. The van der Waals surface area contributed by atoms with Gasteiger partial charge in [0.15, 0.2) is 6.61 Å². The van der Waals surface area contributed by atoms with Crippen molar-refractivity contribution in [1.82, 2.24) is 0 Å². The molecule has 2 rings (SSSR count). The number of benzene rings is 2. The van der Waals surface area contributed by atoms with Crippen LogP contribution in [0.2, 0.25) is 5.02 Å². The molecular formula is C19H21BrClNO2. The average Bonchev–Trinajstić information content (AvgIpc) is 2.56. The largest absolute Gasteiger partial charge is 0.483 e. The summed E-state index contributed by atoms with van der Waals surface area (Å²) in [6.07, 6.45) is 0.860. The van der Waals surface area contributed by atoms with E-state index in [1.165, 1.54) is 0 Å². The molecule has 3 nitrogen and oxygen atoms in total. The molecule has 0 radical (unpaired) electrons. The summed E-state index contributed by atoms with van der Waals surface area (Å²) in [4.78, 5) is 12.3. The first-order valence-corrected chi connectivity index (χ1v) is 8.98. The van der Waals surface area contributed by atoms with Crippen LogP contribution >= 0.6 is 27.5 Å². The van der Waals surface area contributed by atoms with Gasteiger partial charge in [-0.05, 0) is 71.4 Å². The van der Waals surface area contributed by atoms with E-state index in [9.17, 15) is 4.79 Å². The smallest absolute Gasteiger partial charge is 0.262 e. The Morgan fingerprint density at radius 2 is 1.96 bits per heavy atom. The van der Waals surface area contributed by atoms with Gasteiger partial charge in [-0.3, -0.25) is 4.79 Å². The summed E-state index contributed by atoms with van der Waals surface area (Å²) in [5.41, 5.74) is 4.85. The Hall–Kier alpha value is -1.52. The van der Waals surface area contributed by atoms with Gasteiger partial charge in [-0.25, -0.2) is 0 Å². The molecular weight excluding hydrogens is 390 g/mol. The molecule has 0 aliphatic carbocycles. The number of amides is 1. The van der Waals surface area contributed by atoms with Crippen LogP contribution in [0.25, 0.3) is 0 Å². The van der Waals surface area contributed by atoms with Gasteiger partial charge < -0.3 is 10.1 Å². The highest BCUT2D eigenvalue weighted by Gasteiger charge is 2.13. The van der Waals surface area contributed by atoms with Crippen molar-refractivity contribution in [3.8, 4) is 5.75 Å². The van der Waals surface area contributed by atoms with E-state index in [-0.39, 0.29) is 12.5 Å². The quantitative estimate of drug-likeness (QED) is 0.696. The highest BCUT2D eigenvalue weighted by Crippen LogP contribution is 2.35. The fourth-order valence-corrected chi connectivity index (χ4v) is 3.22. The van der Waals surface area contributed by atoms with Crippen LogP contribution in [0.1, 0.15) is 29.2 Å². The third-order valence-electron chi connectivity index (χ3n) is 3.93. The molecule has 0 fully saturated rings. The van der Waals surface area contributed by atoms with E-state index >= 15 is 0 Å². The number of para-hydroxylation sites is 1. The minimum Gasteiger partial charge on any atom is -0.483 e. The van der Waals surface area contributed by atoms with Gasteiger partial charge in [0.1, 0.15) is 5.75 Å². The number of carbonyl (C=O) groups is 1. The normalized spacial score (nSPS) is 10.6. The lowest BCUT2D eigenvalue weighted by atomic mass is 10.1. The summed E-state index contributed by atoms with van der Waals surface area (Å²) >= 11 is 9.69. The molecule has 0 spiro atoms. The zero-order chi connectivity index (χ0) is 17.9. The minimum absolute atomic E-state index is 0.0589. The summed E-state index contributed by atoms with van der Waals surface area (Å²) in [5, 5.41) is 3.65. The summed E-state index contributed by atoms with van der Waals surface area (Å²) in [7, 11) is 0. The maximum atomic E-state index is 12.3. The summed E-state index contributed by atoms with van der Waals surface area (Å²) in [6.45, 7) is 7.81. The number of anilines is 1. The zero-order valence-corrected chi connectivity index (χ0v) is 16.6. The lowest BCUT2D eigenvalue weighted by Gasteiger charge is -2.15. The molecule has 128 valence electrons. The van der Waals surface area contributed by atoms with E-state index in [0.29, 0.717) is 10.8 Å². The molecule has 0 unspecified atom stereocenters. The fraction of sp³-hybridized carbons (Fsp3) is 0.316. The van der Waals surface area contributed by atoms with Gasteiger partial charge in [0.25, 0.3) is 5.91 Å². The van der Waals surface area contributed by atoms with Crippen LogP contribution in [0.4, 0.5) is 5.69 Å². The van der Waals surface area contributed by atoms with Gasteiger partial charge >= 0.3 is 0 Å². The van der Waals surface area contributed by atoms with E-state index in [0.717, 1.165) is 38.8 Å². The number of ether oxygens (including phenoxy) is 1. The zero-order valence-electron chi connectivity index (χ0n) is 14.3. The molecule has 1 amide bonds. The predicted molar refractivity (Wildman–Crippen MR) is 103 cm³/mol. The number of aryl methyl sites for hydroxylation is 3. The Kier molecular flexibility index (Phi) is 6.30. The number of hydrogen-bond donors (Lipinski definition) is 1. The second-order valence-corrected chi connectivity index (χ2v) is 6.91. The number of nitrogens with one attached hydrogen (secondary N) is 1. The number of hydrogen-bond acceptors (Lipinski definition) is 2. The van der Waals surface area contributed by atoms with Crippen molar-refractivity contribution in [3.05, 3.63) is 56.0 Å². The molecule has 5 heteroatoms. The fourth-order valence-electron chi connectivity index (χ4n) is 2.53. The van der Waals surface area contributed by atoms with Crippen LogP contribution in [-0.4, -0.2) is 12.5 Å². The molecule has 0 aliphatic heterocycles. The van der Waals surface area contributed by atoms with Crippen molar-refractivity contribution < 1.29 is 9.53 Å². The van der Waals surface area contributed by atoms with Gasteiger partial charge in [-0.2, -0.15) is 0 Å². The van der Waals surface area contributed by atoms with Crippen LogP contribution in [0.15, 0.2) is 28.7 Å². The third kappa shape index (κ3) is 4.11. The van der Waals surface area contributed by atoms with E-state index in [2.05, 4.69) is 28.2 Å².